The zero-order chi connectivity index (χ0) is 89.3. The van der Waals surface area contributed by atoms with E-state index in [0.717, 1.165) is 154 Å². The Hall–Kier alpha value is -5.09. The molecule has 0 fully saturated rings. The first-order chi connectivity index (χ1) is 60.2. The van der Waals surface area contributed by atoms with E-state index in [-0.39, 0.29) is 19.3 Å². The quantitative estimate of drug-likeness (QED) is 0.0146. The van der Waals surface area contributed by atoms with Gasteiger partial charge < -0.3 is 34.2 Å². The van der Waals surface area contributed by atoms with Crippen molar-refractivity contribution in [1.29, 1.82) is 0 Å². The highest BCUT2D eigenvalue weighted by molar-refractivity contribution is 7.47. The zero-order valence-electron chi connectivity index (χ0n) is 78.1. The van der Waals surface area contributed by atoms with Crippen molar-refractivity contribution in [2.24, 2.45) is 0 Å². The summed E-state index contributed by atoms with van der Waals surface area (Å²) < 4.78 is 61.6. The minimum Gasteiger partial charge on any atom is -0.463 e. The van der Waals surface area contributed by atoms with Crippen molar-refractivity contribution in [3.8, 4) is 0 Å². The van der Waals surface area contributed by atoms with Gasteiger partial charge in [-0.1, -0.05) is 416 Å². The second-order valence-corrected chi connectivity index (χ2v) is 35.7. The summed E-state index contributed by atoms with van der Waals surface area (Å²) >= 11 is 0. The van der Waals surface area contributed by atoms with E-state index >= 15 is 0 Å². The first kappa shape index (κ1) is 118. The predicted octanol–water partition coefficient (Wildman–Crippen LogP) is 31.0. The van der Waals surface area contributed by atoms with E-state index < -0.39 is 91.5 Å². The average Bonchev–Trinajstić information content (AvgIpc) is 0.898. The van der Waals surface area contributed by atoms with Crippen LogP contribution in [-0.4, -0.2) is 95.9 Å². The zero-order valence-corrected chi connectivity index (χ0v) is 79.9. The number of rotatable bonds is 93. The van der Waals surface area contributed by atoms with Gasteiger partial charge in [0.05, 0.1) is 26.4 Å². The molecule has 0 aromatic heterocycles. The van der Waals surface area contributed by atoms with Crippen molar-refractivity contribution in [2.75, 3.05) is 39.6 Å². The Labute approximate surface area is 752 Å². The Morgan fingerprint density at radius 1 is 0.236 bits per heavy atom. The molecule has 0 heterocycles. The Morgan fingerprint density at radius 2 is 0.431 bits per heavy atom. The third-order valence-corrected chi connectivity index (χ3v) is 22.8. The molecule has 123 heavy (non-hydrogen) atoms. The second-order valence-electron chi connectivity index (χ2n) is 32.8. The van der Waals surface area contributed by atoms with E-state index in [2.05, 4.69) is 191 Å². The molecule has 0 aliphatic heterocycles. The fourth-order valence-electron chi connectivity index (χ4n) is 13.5. The summed E-state index contributed by atoms with van der Waals surface area (Å²) in [7, 11) is -9.82. The van der Waals surface area contributed by atoms with Gasteiger partial charge in [-0.05, 0) is 154 Å². The monoisotopic (exact) mass is 1760 g/mol. The molecule has 0 aliphatic carbocycles. The Bertz CT molecular complexity index is 2920. The number of ether oxygens (including phenoxy) is 3. The predicted molar refractivity (Wildman–Crippen MR) is 519 cm³/mol. The van der Waals surface area contributed by atoms with E-state index in [4.69, 9.17) is 32.3 Å². The van der Waals surface area contributed by atoms with Crippen LogP contribution in [0.5, 0.6) is 0 Å². The summed E-state index contributed by atoms with van der Waals surface area (Å²) in [5, 5.41) is 20.8. The highest BCUT2D eigenvalue weighted by Crippen LogP contribution is 2.45. The standard InChI is InChI=1S/C105H180O16P2/c1-4-7-10-13-16-19-22-25-28-31-34-37-39-41-43-45-47-48-49-50-52-54-55-57-59-62-64-67-70-73-76-79-82-85-88-91-103(108)115-94-100(106)95-117-122(111,112)118-96-101(107)97-119-123(113,114)120-99-102(121-105(110)93-90-87-84-81-78-75-72-69-66-61-36-33-30-27-24-21-18-15-12-9-6-3)98-116-104(109)92-89-86-83-80-77-74-71-68-65-63-60-58-56-53-51-46-44-42-40-38-35-32-29-26-23-20-17-14-11-8-5-2/h7,9-10,12,16-21,25-30,34-38,41-44,61,69,72,100-102,106-107H,4-6,8,11,13-15,22-24,31-33,39-40,45-60,62-68,70-71,73-99H2,1-3H3,(H,111,112)(H,113,114)/b10-7-,12-9-,19-16-,20-17-,21-18-,28-25-,29-26-,30-27-,37-34-,38-35-,43-41-,44-42-,61-36-,72-69-. The fraction of sp³-hybridized carbons (Fsp3) is 0.705. The Kier molecular flexibility index (Phi) is 92.0. The smallest absolute Gasteiger partial charge is 0.463 e. The van der Waals surface area contributed by atoms with Crippen LogP contribution in [0.1, 0.15) is 419 Å². The summed E-state index contributed by atoms with van der Waals surface area (Å²) in [6.07, 6.45) is 126. The first-order valence-corrected chi connectivity index (χ1v) is 52.4. The maximum Gasteiger partial charge on any atom is 0.472 e. The largest absolute Gasteiger partial charge is 0.472 e. The summed E-state index contributed by atoms with van der Waals surface area (Å²) in [4.78, 5) is 59.1. The van der Waals surface area contributed by atoms with Crippen molar-refractivity contribution in [3.05, 3.63) is 170 Å². The fourth-order valence-corrected chi connectivity index (χ4v) is 15.1. The van der Waals surface area contributed by atoms with Crippen LogP contribution in [0.25, 0.3) is 0 Å². The van der Waals surface area contributed by atoms with Gasteiger partial charge in [0.1, 0.15) is 25.4 Å². The van der Waals surface area contributed by atoms with Gasteiger partial charge in [-0.3, -0.25) is 32.5 Å². The molecule has 0 saturated heterocycles. The van der Waals surface area contributed by atoms with Crippen molar-refractivity contribution in [3.63, 3.8) is 0 Å². The van der Waals surface area contributed by atoms with Crippen molar-refractivity contribution in [1.82, 2.24) is 0 Å². The third kappa shape index (κ3) is 97.4. The molecule has 0 rings (SSSR count). The second kappa shape index (κ2) is 96.0. The number of allylic oxidation sites excluding steroid dienone is 28. The maximum atomic E-state index is 13.1. The number of phosphoric ester groups is 2. The lowest BCUT2D eigenvalue weighted by molar-refractivity contribution is -0.161. The summed E-state index contributed by atoms with van der Waals surface area (Å²) in [5.74, 6) is -1.58. The van der Waals surface area contributed by atoms with Gasteiger partial charge in [0.2, 0.25) is 0 Å². The Balaban J connectivity index is 4.53. The molecule has 0 radical (unpaired) electrons. The molecule has 0 bridgehead atoms. The lowest BCUT2D eigenvalue weighted by Gasteiger charge is -2.21. The molecule has 4 N–H and O–H groups in total. The molecule has 18 heteroatoms. The van der Waals surface area contributed by atoms with E-state index in [1.807, 2.05) is 0 Å². The normalized spacial score (nSPS) is 14.4. The molecule has 0 spiro atoms. The molecule has 0 amide bonds. The number of hydrogen-bond donors (Lipinski definition) is 4. The first-order valence-electron chi connectivity index (χ1n) is 49.4. The van der Waals surface area contributed by atoms with E-state index in [9.17, 15) is 43.5 Å². The van der Waals surface area contributed by atoms with Gasteiger partial charge in [-0.2, -0.15) is 0 Å². The molecule has 5 atom stereocenters. The van der Waals surface area contributed by atoms with Crippen LogP contribution < -0.4 is 0 Å². The van der Waals surface area contributed by atoms with Crippen LogP contribution in [-0.2, 0) is 55.8 Å². The number of carbonyl (C=O) groups excluding carboxylic acids is 3. The van der Waals surface area contributed by atoms with Gasteiger partial charge in [-0.15, -0.1) is 0 Å². The van der Waals surface area contributed by atoms with E-state index in [0.29, 0.717) is 19.3 Å². The molecule has 0 aromatic carbocycles. The molecule has 0 saturated carbocycles. The van der Waals surface area contributed by atoms with Crippen molar-refractivity contribution < 1.29 is 75.8 Å². The van der Waals surface area contributed by atoms with Crippen LogP contribution >= 0.6 is 15.6 Å². The molecule has 16 nitrogen and oxygen atoms in total. The highest BCUT2D eigenvalue weighted by Gasteiger charge is 2.30. The molecular weight excluding hydrogens is 1580 g/mol. The Morgan fingerprint density at radius 3 is 0.683 bits per heavy atom. The topological polar surface area (TPSA) is 231 Å². The number of aliphatic hydroxyl groups is 2. The number of phosphoric acid groups is 2. The summed E-state index contributed by atoms with van der Waals surface area (Å²) in [6, 6.07) is 0. The lowest BCUT2D eigenvalue weighted by atomic mass is 10.0. The van der Waals surface area contributed by atoms with E-state index in [1.165, 1.54) is 205 Å². The van der Waals surface area contributed by atoms with Crippen LogP contribution in [0.15, 0.2) is 170 Å². The molecular formula is C105H180O16P2. The van der Waals surface area contributed by atoms with Gasteiger partial charge in [0.25, 0.3) is 0 Å². The number of unbranched alkanes of at least 4 members (excludes halogenated alkanes) is 42. The van der Waals surface area contributed by atoms with Crippen LogP contribution in [0.3, 0.4) is 0 Å². The molecule has 5 unspecified atom stereocenters. The van der Waals surface area contributed by atoms with Gasteiger partial charge in [0, 0.05) is 19.3 Å². The number of aliphatic hydroxyl groups excluding tert-OH is 2. The van der Waals surface area contributed by atoms with Crippen molar-refractivity contribution >= 4 is 33.6 Å². The van der Waals surface area contributed by atoms with Gasteiger partial charge in [-0.25, -0.2) is 9.13 Å². The van der Waals surface area contributed by atoms with Gasteiger partial charge >= 0.3 is 33.6 Å². The average molecular weight is 1760 g/mol. The van der Waals surface area contributed by atoms with Crippen LogP contribution in [0.4, 0.5) is 0 Å². The molecule has 0 aromatic rings. The van der Waals surface area contributed by atoms with Crippen molar-refractivity contribution in [2.45, 2.75) is 437 Å². The number of esters is 3. The number of carbonyl (C=O) groups is 3. The third-order valence-electron chi connectivity index (χ3n) is 20.9. The number of hydrogen-bond acceptors (Lipinski definition) is 14. The van der Waals surface area contributed by atoms with Gasteiger partial charge in [0.15, 0.2) is 6.10 Å². The highest BCUT2D eigenvalue weighted by atomic mass is 31.2. The molecule has 706 valence electrons. The summed E-state index contributed by atoms with van der Waals surface area (Å²) in [5.41, 5.74) is 0. The summed E-state index contributed by atoms with van der Waals surface area (Å²) in [6.45, 7) is 2.46. The SMILES string of the molecule is CC/C=C\C/C=C\C/C=C\C/C=C\C/C=C\CCCCCCCCCCCCCCCCCCCCCC(=O)OCC(O)COP(=O)(O)OCC(O)COP(=O)(O)OCC(COC(=O)CCCCCCCCCCCCCCCCC/C=C\C/C=C\C/C=C\C/C=C\CCCCC)OC(=O)CCCCCCC/C=C\C/C=C\C/C=C\C/C=C\C/C=C\CC. The lowest BCUT2D eigenvalue weighted by Crippen LogP contribution is -2.30. The molecule has 0 aliphatic rings. The van der Waals surface area contributed by atoms with Crippen LogP contribution in [0.2, 0.25) is 0 Å². The van der Waals surface area contributed by atoms with Crippen LogP contribution in [0, 0.1) is 0 Å². The minimum absolute atomic E-state index is 0.0795. The minimum atomic E-state index is -4.95. The maximum absolute atomic E-state index is 13.1. The van der Waals surface area contributed by atoms with E-state index in [1.54, 1.807) is 0 Å².